The van der Waals surface area contributed by atoms with Gasteiger partial charge in [0.15, 0.2) is 0 Å². The molecule has 2 aromatic heterocycles. The van der Waals surface area contributed by atoms with E-state index in [-0.39, 0.29) is 0 Å². The number of hydrogen-bond donors (Lipinski definition) is 0. The summed E-state index contributed by atoms with van der Waals surface area (Å²) < 4.78 is 7.16. The van der Waals surface area contributed by atoms with Gasteiger partial charge in [-0.2, -0.15) is 0 Å². The van der Waals surface area contributed by atoms with E-state index in [1.54, 1.807) is 0 Å². The van der Waals surface area contributed by atoms with Crippen LogP contribution in [0.3, 0.4) is 0 Å². The van der Waals surface area contributed by atoms with Crippen LogP contribution in [0.25, 0.3) is 44.3 Å². The van der Waals surface area contributed by atoms with Crippen LogP contribution in [-0.2, 0) is 0 Å². The molecule has 0 radical (unpaired) electrons. The van der Waals surface area contributed by atoms with E-state index in [1.165, 1.54) is 22.3 Å². The van der Waals surface area contributed by atoms with E-state index in [1.807, 2.05) is 0 Å². The third-order valence-corrected chi connectivity index (χ3v) is 16.8. The molecule has 0 fully saturated rings. The lowest BCUT2D eigenvalue weighted by Gasteiger charge is -2.42. The number of fused-ring (bicyclic) bond motifs is 3. The third kappa shape index (κ3) is 6.75. The molecule has 0 amide bonds. The Morgan fingerprint density at radius 3 is 1.65 bits per heavy atom. The minimum absolute atomic E-state index is 0.501. The first kappa shape index (κ1) is 35.6. The zero-order valence-corrected chi connectivity index (χ0v) is 33.7. The van der Waals surface area contributed by atoms with Crippen LogP contribution in [0.15, 0.2) is 54.6 Å². The molecular formula is C43H54N2OSi2. The maximum absolute atomic E-state index is 7.16. The Morgan fingerprint density at radius 2 is 1.10 bits per heavy atom. The topological polar surface area (TPSA) is 35.0 Å². The zero-order valence-electron chi connectivity index (χ0n) is 31.7. The predicted octanol–water partition coefficient (Wildman–Crippen LogP) is 12.4. The molecule has 0 aliphatic rings. The molecule has 3 nitrogen and oxygen atoms in total. The summed E-state index contributed by atoms with van der Waals surface area (Å²) >= 11 is 0. The zero-order chi connectivity index (χ0) is 35.3. The van der Waals surface area contributed by atoms with Gasteiger partial charge in [0, 0.05) is 21.9 Å². The van der Waals surface area contributed by atoms with Crippen LogP contribution in [0.4, 0.5) is 0 Å². The molecule has 0 atom stereocenters. The fraction of sp³-hybridized carbons (Fsp3) is 0.395. The largest absolute Gasteiger partial charge is 0.543 e. The molecule has 0 aliphatic heterocycles. The Labute approximate surface area is 291 Å². The molecule has 0 spiro atoms. The Hall–Kier alpha value is -3.73. The van der Waals surface area contributed by atoms with Gasteiger partial charge in [-0.15, -0.1) is 5.54 Å². The summed E-state index contributed by atoms with van der Waals surface area (Å²) in [5.74, 6) is 4.59. The van der Waals surface area contributed by atoms with Crippen molar-refractivity contribution in [2.75, 3.05) is 0 Å². The molecule has 0 unspecified atom stereocenters. The second kappa shape index (κ2) is 13.3. The van der Waals surface area contributed by atoms with Crippen LogP contribution >= 0.6 is 0 Å². The van der Waals surface area contributed by atoms with E-state index in [0.29, 0.717) is 16.6 Å². The van der Waals surface area contributed by atoms with Gasteiger partial charge >= 0.3 is 0 Å². The summed E-state index contributed by atoms with van der Waals surface area (Å²) in [6, 6.07) is 19.9. The van der Waals surface area contributed by atoms with Gasteiger partial charge in [-0.1, -0.05) is 103 Å². The third-order valence-electron chi connectivity index (χ3n) is 9.90. The summed E-state index contributed by atoms with van der Waals surface area (Å²) in [5.41, 5.74) is 18.3. The lowest BCUT2D eigenvalue weighted by atomic mass is 9.94. The molecule has 0 saturated heterocycles. The highest BCUT2D eigenvalue weighted by Gasteiger charge is 2.47. The van der Waals surface area contributed by atoms with Crippen molar-refractivity contribution in [1.82, 2.24) is 9.97 Å². The van der Waals surface area contributed by atoms with Gasteiger partial charge in [0.1, 0.15) is 13.8 Å². The molecule has 5 rings (SSSR count). The number of aryl methyl sites for hydroxylation is 5. The van der Waals surface area contributed by atoms with Crippen LogP contribution in [0, 0.1) is 46.1 Å². The molecule has 5 heteroatoms. The van der Waals surface area contributed by atoms with Crippen molar-refractivity contribution in [3.05, 3.63) is 88.0 Å². The number of hydrogen-bond acceptors (Lipinski definition) is 3. The van der Waals surface area contributed by atoms with Gasteiger partial charge in [-0.3, -0.25) is 0 Å². The van der Waals surface area contributed by atoms with Crippen molar-refractivity contribution >= 4 is 38.2 Å². The molecule has 0 aliphatic carbocycles. The summed E-state index contributed by atoms with van der Waals surface area (Å²) in [7, 11) is -3.76. The minimum atomic E-state index is -2.11. The van der Waals surface area contributed by atoms with E-state index < -0.39 is 16.4 Å². The summed E-state index contributed by atoms with van der Waals surface area (Å²) in [5, 5.41) is 2.15. The average molecular weight is 671 g/mol. The number of nitrogens with zero attached hydrogens (tertiary/aromatic N) is 2. The van der Waals surface area contributed by atoms with Gasteiger partial charge in [-0.05, 0) is 97.8 Å². The first-order chi connectivity index (χ1) is 22.4. The highest BCUT2D eigenvalue weighted by molar-refractivity contribution is 6.84. The lowest BCUT2D eigenvalue weighted by Crippen LogP contribution is -2.50. The number of benzene rings is 3. The minimum Gasteiger partial charge on any atom is -0.543 e. The molecule has 0 bridgehead atoms. The number of rotatable bonds is 7. The van der Waals surface area contributed by atoms with Crippen LogP contribution in [0.1, 0.15) is 74.9 Å². The molecule has 0 N–H and O–H groups in total. The standard InChI is InChI=1S/C43H54N2OSi2/c1-26(2)48(27(3)4,28(5)6)46-37-23-32(10)40(33(11)24-37)41-36(19-20-47(12,13)14)25-35-16-15-34-17-18-38(44-42(34)43(35)45-41)39-30(8)21-29(7)22-31(39)9/h15-18,21-28H,1-14H3. The average Bonchev–Trinajstić information content (AvgIpc) is 2.97. The van der Waals surface area contributed by atoms with Crippen molar-refractivity contribution in [3.63, 3.8) is 0 Å². The second-order valence-electron chi connectivity index (χ2n) is 15.9. The highest BCUT2D eigenvalue weighted by atomic mass is 28.4. The van der Waals surface area contributed by atoms with E-state index in [0.717, 1.165) is 61.2 Å². The van der Waals surface area contributed by atoms with E-state index in [9.17, 15) is 0 Å². The van der Waals surface area contributed by atoms with Gasteiger partial charge in [0.2, 0.25) is 0 Å². The maximum Gasteiger partial charge on any atom is 0.258 e. The summed E-state index contributed by atoms with van der Waals surface area (Å²) in [4.78, 5) is 10.8. The summed E-state index contributed by atoms with van der Waals surface area (Å²) in [6.45, 7) is 31.8. The Morgan fingerprint density at radius 1 is 0.604 bits per heavy atom. The van der Waals surface area contributed by atoms with Crippen molar-refractivity contribution in [1.29, 1.82) is 0 Å². The Kier molecular flexibility index (Phi) is 9.85. The predicted molar refractivity (Wildman–Crippen MR) is 214 cm³/mol. The summed E-state index contributed by atoms with van der Waals surface area (Å²) in [6.07, 6.45) is 0. The normalized spacial score (nSPS) is 12.4. The molecular weight excluding hydrogens is 617 g/mol. The molecule has 48 heavy (non-hydrogen) atoms. The lowest BCUT2D eigenvalue weighted by molar-refractivity contribution is 0.479. The van der Waals surface area contributed by atoms with Gasteiger partial charge in [-0.25, -0.2) is 9.97 Å². The molecule has 250 valence electrons. The van der Waals surface area contributed by atoms with Crippen LogP contribution in [0.5, 0.6) is 5.75 Å². The van der Waals surface area contributed by atoms with Crippen molar-refractivity contribution in [2.24, 2.45) is 0 Å². The molecule has 2 heterocycles. The fourth-order valence-corrected chi connectivity index (χ4v) is 13.7. The first-order valence-corrected chi connectivity index (χ1v) is 23.2. The SMILES string of the molecule is Cc1cc(C)c(-c2ccc3ccc4cc(C#C[Si](C)(C)C)c(-c5c(C)cc(O[Si](C(C)C)(C(C)C)C(C)C)cc5C)nc4c3n2)c(C)c1. The van der Waals surface area contributed by atoms with Crippen LogP contribution < -0.4 is 4.43 Å². The Balaban J connectivity index is 1.77. The number of pyridine rings is 2. The maximum atomic E-state index is 7.16. The monoisotopic (exact) mass is 670 g/mol. The molecule has 5 aromatic rings. The molecule has 0 saturated carbocycles. The highest BCUT2D eigenvalue weighted by Crippen LogP contribution is 2.44. The van der Waals surface area contributed by atoms with E-state index >= 15 is 0 Å². The van der Waals surface area contributed by atoms with E-state index in [2.05, 4.69) is 162 Å². The second-order valence-corrected chi connectivity index (χ2v) is 26.0. The van der Waals surface area contributed by atoms with Crippen LogP contribution in [-0.4, -0.2) is 26.4 Å². The fourth-order valence-electron chi connectivity index (χ4n) is 8.00. The van der Waals surface area contributed by atoms with Crippen molar-refractivity contribution in [3.8, 4) is 39.7 Å². The Bertz CT molecular complexity index is 2020. The van der Waals surface area contributed by atoms with Crippen molar-refractivity contribution < 1.29 is 4.43 Å². The first-order valence-electron chi connectivity index (χ1n) is 17.6. The van der Waals surface area contributed by atoms with Crippen LogP contribution in [0.2, 0.25) is 36.3 Å². The van der Waals surface area contributed by atoms with Crippen molar-refractivity contribution in [2.45, 2.75) is 112 Å². The van der Waals surface area contributed by atoms with E-state index in [4.69, 9.17) is 14.4 Å². The number of aromatic nitrogens is 2. The van der Waals surface area contributed by atoms with Gasteiger partial charge < -0.3 is 4.43 Å². The smallest absolute Gasteiger partial charge is 0.258 e. The quantitative estimate of drug-likeness (QED) is 0.0982. The molecule has 3 aromatic carbocycles. The van der Waals surface area contributed by atoms with Gasteiger partial charge in [0.25, 0.3) is 8.32 Å². The van der Waals surface area contributed by atoms with Gasteiger partial charge in [0.05, 0.1) is 28.0 Å².